The third kappa shape index (κ3) is 2.87. The topological polar surface area (TPSA) is 118 Å². The van der Waals surface area contributed by atoms with Gasteiger partial charge >= 0.3 is 11.2 Å². The maximum absolute atomic E-state index is 12.7. The van der Waals surface area contributed by atoms with Crippen molar-refractivity contribution in [3.05, 3.63) is 66.5 Å². The van der Waals surface area contributed by atoms with Crippen LogP contribution < -0.4 is 10.3 Å². The fourth-order valence-electron chi connectivity index (χ4n) is 3.03. The molecule has 2 heterocycles. The van der Waals surface area contributed by atoms with Crippen molar-refractivity contribution in [2.75, 3.05) is 0 Å². The van der Waals surface area contributed by atoms with Crippen molar-refractivity contribution < 1.29 is 14.8 Å². The molecule has 0 amide bonds. The Morgan fingerprint density at radius 3 is 2.73 bits per heavy atom. The van der Waals surface area contributed by atoms with Gasteiger partial charge < -0.3 is 9.84 Å². The number of fused-ring (bicyclic) bond motifs is 1. The minimum atomic E-state index is -1.18. The molecule has 2 aromatic rings. The average molecular weight is 420 g/mol. The summed E-state index contributed by atoms with van der Waals surface area (Å²) in [7, 11) is 0. The average Bonchev–Trinajstić information content (AvgIpc) is 2.57. The highest BCUT2D eigenvalue weighted by atomic mass is 79.9. The molecule has 2 unspecified atom stereocenters. The summed E-state index contributed by atoms with van der Waals surface area (Å²) in [4.78, 5) is 23.1. The Morgan fingerprint density at radius 2 is 2.12 bits per heavy atom. The van der Waals surface area contributed by atoms with Gasteiger partial charge in [-0.1, -0.05) is 0 Å². The molecule has 0 spiro atoms. The fraction of sp³-hybridized carbons (Fsp3) is 0.294. The van der Waals surface area contributed by atoms with Crippen LogP contribution in [-0.4, -0.2) is 26.3 Å². The molecule has 1 aliphatic rings. The number of nitriles is 1. The van der Waals surface area contributed by atoms with Gasteiger partial charge in [0.1, 0.15) is 17.5 Å². The standard InChI is InChI=1S/C17H14BrN3O5/c1-17(2)15(22)14(11-5-9(7-19)3-4-13(11)26-17)20-8-10(18)6-12(16(20)23)21(24)25/h3-6,8,14-15,22H,1-2H3. The molecule has 1 aromatic carbocycles. The number of hydrogen-bond acceptors (Lipinski definition) is 6. The van der Waals surface area contributed by atoms with Gasteiger partial charge in [0, 0.05) is 22.3 Å². The van der Waals surface area contributed by atoms with Crippen LogP contribution in [0.4, 0.5) is 5.69 Å². The van der Waals surface area contributed by atoms with Crippen LogP contribution in [0.3, 0.4) is 0 Å². The summed E-state index contributed by atoms with van der Waals surface area (Å²) in [5.41, 5.74) is -1.79. The Kier molecular flexibility index (Phi) is 4.34. The van der Waals surface area contributed by atoms with E-state index in [1.54, 1.807) is 26.0 Å². The van der Waals surface area contributed by atoms with Crippen LogP contribution in [-0.2, 0) is 0 Å². The molecule has 1 N–H and O–H groups in total. The molecular weight excluding hydrogens is 406 g/mol. The van der Waals surface area contributed by atoms with Gasteiger partial charge in [0.25, 0.3) is 0 Å². The molecule has 0 saturated heterocycles. The van der Waals surface area contributed by atoms with Gasteiger partial charge in [-0.15, -0.1) is 0 Å². The zero-order chi connectivity index (χ0) is 19.2. The molecule has 1 aromatic heterocycles. The predicted octanol–water partition coefficient (Wildman–Crippen LogP) is 2.51. The van der Waals surface area contributed by atoms with E-state index in [4.69, 9.17) is 10.00 Å². The molecule has 26 heavy (non-hydrogen) atoms. The van der Waals surface area contributed by atoms with Crippen LogP contribution in [0, 0.1) is 21.4 Å². The van der Waals surface area contributed by atoms with Gasteiger partial charge in [-0.05, 0) is 48.0 Å². The predicted molar refractivity (Wildman–Crippen MR) is 95.1 cm³/mol. The van der Waals surface area contributed by atoms with Crippen LogP contribution in [0.2, 0.25) is 0 Å². The molecule has 0 bridgehead atoms. The highest BCUT2D eigenvalue weighted by molar-refractivity contribution is 9.10. The number of aromatic nitrogens is 1. The van der Waals surface area contributed by atoms with Crippen molar-refractivity contribution in [1.82, 2.24) is 4.57 Å². The molecule has 0 fully saturated rings. The van der Waals surface area contributed by atoms with E-state index in [2.05, 4.69) is 15.9 Å². The molecule has 3 rings (SSSR count). The van der Waals surface area contributed by atoms with Crippen molar-refractivity contribution in [3.63, 3.8) is 0 Å². The van der Waals surface area contributed by atoms with Crippen LogP contribution in [0.1, 0.15) is 31.0 Å². The Bertz CT molecular complexity index is 1010. The second-order valence-electron chi connectivity index (χ2n) is 6.47. The third-order valence-electron chi connectivity index (χ3n) is 4.33. The van der Waals surface area contributed by atoms with Crippen molar-refractivity contribution in [1.29, 1.82) is 5.26 Å². The van der Waals surface area contributed by atoms with E-state index in [0.29, 0.717) is 21.3 Å². The Balaban J connectivity index is 2.33. The lowest BCUT2D eigenvalue weighted by atomic mass is 9.85. The number of rotatable bonds is 2. The third-order valence-corrected chi connectivity index (χ3v) is 4.76. The molecule has 8 nitrogen and oxygen atoms in total. The lowest BCUT2D eigenvalue weighted by Gasteiger charge is -2.42. The van der Waals surface area contributed by atoms with Crippen LogP contribution in [0.5, 0.6) is 5.75 Å². The summed E-state index contributed by atoms with van der Waals surface area (Å²) < 4.78 is 7.24. The van der Waals surface area contributed by atoms with E-state index in [0.717, 1.165) is 10.6 Å². The number of halogens is 1. The van der Waals surface area contributed by atoms with E-state index >= 15 is 0 Å². The summed E-state index contributed by atoms with van der Waals surface area (Å²) >= 11 is 3.17. The van der Waals surface area contributed by atoms with E-state index in [9.17, 15) is 20.0 Å². The first-order chi connectivity index (χ1) is 12.2. The summed E-state index contributed by atoms with van der Waals surface area (Å²) in [6.45, 7) is 3.31. The normalized spacial score (nSPS) is 20.6. The SMILES string of the molecule is CC1(C)Oc2ccc(C#N)cc2C(n2cc(Br)cc([N+](=O)[O-])c2=O)C1O. The first-order valence-corrected chi connectivity index (χ1v) is 8.42. The van der Waals surface area contributed by atoms with Crippen molar-refractivity contribution >= 4 is 21.6 Å². The number of aliphatic hydroxyl groups is 1. The highest BCUT2D eigenvalue weighted by Crippen LogP contribution is 2.42. The highest BCUT2D eigenvalue weighted by Gasteiger charge is 2.44. The van der Waals surface area contributed by atoms with Gasteiger partial charge in [-0.2, -0.15) is 5.26 Å². The molecule has 2 atom stereocenters. The Hall–Kier alpha value is -2.70. The number of benzene rings is 1. The molecule has 0 radical (unpaired) electrons. The van der Waals surface area contributed by atoms with Crippen molar-refractivity contribution in [2.45, 2.75) is 31.6 Å². The maximum atomic E-state index is 12.7. The quantitative estimate of drug-likeness (QED) is 0.589. The van der Waals surface area contributed by atoms with Gasteiger partial charge in [0.05, 0.1) is 22.6 Å². The summed E-state index contributed by atoms with van der Waals surface area (Å²) in [6, 6.07) is 6.82. The zero-order valence-corrected chi connectivity index (χ0v) is 15.4. The van der Waals surface area contributed by atoms with Crippen molar-refractivity contribution in [2.24, 2.45) is 0 Å². The number of hydrogen-bond donors (Lipinski definition) is 1. The Labute approximate surface area is 156 Å². The largest absolute Gasteiger partial charge is 0.485 e. The summed E-state index contributed by atoms with van der Waals surface area (Å²) in [6.07, 6.45) is 0.198. The van der Waals surface area contributed by atoms with E-state index in [1.165, 1.54) is 12.3 Å². The van der Waals surface area contributed by atoms with Crippen LogP contribution in [0.15, 0.2) is 39.7 Å². The molecular formula is C17H14BrN3O5. The summed E-state index contributed by atoms with van der Waals surface area (Å²) in [5.74, 6) is 0.402. The first kappa shape index (κ1) is 18.1. The lowest BCUT2D eigenvalue weighted by molar-refractivity contribution is -0.386. The number of nitrogens with zero attached hydrogens (tertiary/aromatic N) is 3. The van der Waals surface area contributed by atoms with E-state index in [1.807, 2.05) is 6.07 Å². The first-order valence-electron chi connectivity index (χ1n) is 7.63. The van der Waals surface area contributed by atoms with Crippen molar-refractivity contribution in [3.8, 4) is 11.8 Å². The van der Waals surface area contributed by atoms with Crippen LogP contribution >= 0.6 is 15.9 Å². The minimum absolute atomic E-state index is 0.318. The number of ether oxygens (including phenoxy) is 1. The van der Waals surface area contributed by atoms with E-state index < -0.39 is 33.9 Å². The second kappa shape index (κ2) is 6.23. The second-order valence-corrected chi connectivity index (χ2v) is 7.39. The smallest absolute Gasteiger partial charge is 0.335 e. The van der Waals surface area contributed by atoms with Gasteiger partial charge in [0.2, 0.25) is 0 Å². The molecule has 134 valence electrons. The minimum Gasteiger partial charge on any atom is -0.485 e. The molecule has 0 saturated carbocycles. The monoisotopic (exact) mass is 419 g/mol. The Morgan fingerprint density at radius 1 is 1.42 bits per heavy atom. The molecule has 9 heteroatoms. The fourth-order valence-corrected chi connectivity index (χ4v) is 3.47. The number of aliphatic hydroxyl groups excluding tert-OH is 1. The summed E-state index contributed by atoms with van der Waals surface area (Å²) in [5, 5.41) is 31.2. The van der Waals surface area contributed by atoms with Crippen LogP contribution in [0.25, 0.3) is 0 Å². The number of nitro groups is 1. The lowest BCUT2D eigenvalue weighted by Crippen LogP contribution is -2.52. The van der Waals surface area contributed by atoms with Gasteiger partial charge in [-0.25, -0.2) is 0 Å². The van der Waals surface area contributed by atoms with Gasteiger partial charge in [-0.3, -0.25) is 19.5 Å². The maximum Gasteiger partial charge on any atom is 0.335 e. The van der Waals surface area contributed by atoms with Gasteiger partial charge in [0.15, 0.2) is 0 Å². The zero-order valence-electron chi connectivity index (χ0n) is 13.8. The molecule has 0 aliphatic carbocycles. The van der Waals surface area contributed by atoms with E-state index in [-0.39, 0.29) is 0 Å². The molecule has 1 aliphatic heterocycles. The number of pyridine rings is 1.